The Morgan fingerprint density at radius 2 is 2.09 bits per heavy atom. The number of ether oxygens (including phenoxy) is 1. The van der Waals surface area contributed by atoms with Crippen molar-refractivity contribution in [3.8, 4) is 5.75 Å². The van der Waals surface area contributed by atoms with Crippen molar-refractivity contribution in [3.05, 3.63) is 77.3 Å². The van der Waals surface area contributed by atoms with Crippen LogP contribution in [0.3, 0.4) is 0 Å². The molecule has 4 aromatic rings. The van der Waals surface area contributed by atoms with Gasteiger partial charge in [-0.2, -0.15) is 0 Å². The normalized spacial score (nSPS) is 12.0. The van der Waals surface area contributed by atoms with Gasteiger partial charge in [0.05, 0.1) is 24.3 Å². The second-order valence-electron chi connectivity index (χ2n) is 7.26. The highest BCUT2D eigenvalue weighted by Crippen LogP contribution is 2.33. The number of pyridine rings is 1. The number of hydrogen-bond acceptors (Lipinski definition) is 5. The molecule has 0 spiro atoms. The molecule has 0 fully saturated rings. The topological polar surface area (TPSA) is 69.0 Å². The number of nitrogens with zero attached hydrogens (tertiary/aromatic N) is 3. The fraction of sp³-hybridized carbons (Fsp3) is 0.208. The quantitative estimate of drug-likeness (QED) is 0.305. The third-order valence-electron chi connectivity index (χ3n) is 5.21. The number of hydrogen-bond donors (Lipinski definition) is 1. The minimum atomic E-state index is -0.552. The van der Waals surface area contributed by atoms with Crippen LogP contribution in [0.4, 0.5) is 10.1 Å². The lowest BCUT2D eigenvalue weighted by molar-refractivity contribution is -0.119. The molecule has 33 heavy (non-hydrogen) atoms. The van der Waals surface area contributed by atoms with Crippen LogP contribution in [-0.4, -0.2) is 27.6 Å². The zero-order valence-electron chi connectivity index (χ0n) is 18.1. The first-order chi connectivity index (χ1) is 16.0. The van der Waals surface area contributed by atoms with E-state index < -0.39 is 6.04 Å². The largest absolute Gasteiger partial charge is 0.497 e. The van der Waals surface area contributed by atoms with Crippen LogP contribution >= 0.6 is 23.4 Å². The molecular formula is C24H22ClFN4O2S. The van der Waals surface area contributed by atoms with Crippen molar-refractivity contribution in [2.75, 3.05) is 12.4 Å². The fourth-order valence-corrected chi connectivity index (χ4v) is 4.94. The number of halogens is 2. The summed E-state index contributed by atoms with van der Waals surface area (Å²) in [6.45, 7) is 1.93. The number of aromatic nitrogens is 3. The minimum absolute atomic E-state index is 0.195. The van der Waals surface area contributed by atoms with Gasteiger partial charge in [0, 0.05) is 34.3 Å². The van der Waals surface area contributed by atoms with E-state index in [1.807, 2.05) is 23.6 Å². The van der Waals surface area contributed by atoms with E-state index in [4.69, 9.17) is 21.3 Å². The van der Waals surface area contributed by atoms with Gasteiger partial charge in [0.2, 0.25) is 5.91 Å². The summed E-state index contributed by atoms with van der Waals surface area (Å²) in [7, 11) is 1.58. The van der Waals surface area contributed by atoms with Crippen molar-refractivity contribution in [2.24, 2.45) is 0 Å². The van der Waals surface area contributed by atoms with Gasteiger partial charge in [0.15, 0.2) is 5.16 Å². The van der Waals surface area contributed by atoms with Gasteiger partial charge >= 0.3 is 0 Å². The number of thioether (sulfide) groups is 1. The number of benzene rings is 2. The Labute approximate surface area is 200 Å². The Morgan fingerprint density at radius 3 is 2.85 bits per heavy atom. The van der Waals surface area contributed by atoms with Crippen LogP contribution in [0.1, 0.15) is 24.9 Å². The second kappa shape index (κ2) is 10.2. The standard InChI is InChI=1S/C24H22ClFN4O2S/c1-3-21(23(31)28-15-6-4-7-16(12-15)32-2)30-22-13-27-11-10-20(22)29-24(30)33-14-17-18(25)8-5-9-19(17)26/h4-13,21H,3,14H2,1-2H3,(H,28,31)/t21-/m0/s1. The van der Waals surface area contributed by atoms with E-state index in [2.05, 4.69) is 10.3 Å². The van der Waals surface area contributed by atoms with Crippen molar-refractivity contribution in [1.82, 2.24) is 14.5 Å². The molecule has 1 amide bonds. The number of anilines is 1. The van der Waals surface area contributed by atoms with Gasteiger partial charge in [0.25, 0.3) is 0 Å². The Balaban J connectivity index is 1.67. The summed E-state index contributed by atoms with van der Waals surface area (Å²) in [5, 5.41) is 3.91. The molecule has 6 nitrogen and oxygen atoms in total. The first-order valence-corrected chi connectivity index (χ1v) is 11.7. The van der Waals surface area contributed by atoms with Crippen molar-refractivity contribution in [1.29, 1.82) is 0 Å². The molecule has 0 saturated carbocycles. The lowest BCUT2D eigenvalue weighted by atomic mass is 10.2. The molecule has 4 rings (SSSR count). The van der Waals surface area contributed by atoms with E-state index in [0.717, 1.165) is 5.52 Å². The molecule has 9 heteroatoms. The van der Waals surface area contributed by atoms with Crippen molar-refractivity contribution < 1.29 is 13.9 Å². The number of carbonyl (C=O) groups excluding carboxylic acids is 1. The van der Waals surface area contributed by atoms with E-state index in [9.17, 15) is 9.18 Å². The van der Waals surface area contributed by atoms with Gasteiger partial charge in [-0.1, -0.05) is 42.4 Å². The van der Waals surface area contributed by atoms with Crippen LogP contribution in [0, 0.1) is 5.82 Å². The number of imidazole rings is 1. The van der Waals surface area contributed by atoms with Crippen LogP contribution in [0.25, 0.3) is 11.0 Å². The number of carbonyl (C=O) groups is 1. The molecule has 1 atom stereocenters. The SMILES string of the molecule is CC[C@@H](C(=O)Nc1cccc(OC)c1)n1c(SCc2c(F)cccc2Cl)nc2ccncc21. The fourth-order valence-electron chi connectivity index (χ4n) is 3.54. The highest BCUT2D eigenvalue weighted by Gasteiger charge is 2.25. The van der Waals surface area contributed by atoms with Crippen molar-refractivity contribution >= 4 is 46.0 Å². The van der Waals surface area contributed by atoms with Crippen LogP contribution in [0.5, 0.6) is 5.75 Å². The van der Waals surface area contributed by atoms with Gasteiger partial charge in [-0.25, -0.2) is 9.37 Å². The van der Waals surface area contributed by atoms with E-state index in [1.165, 1.54) is 17.8 Å². The second-order valence-corrected chi connectivity index (χ2v) is 8.61. The van der Waals surface area contributed by atoms with Crippen LogP contribution < -0.4 is 10.1 Å². The summed E-state index contributed by atoms with van der Waals surface area (Å²) < 4.78 is 21.4. The van der Waals surface area contributed by atoms with Gasteiger partial charge in [-0.15, -0.1) is 0 Å². The summed E-state index contributed by atoms with van der Waals surface area (Å²) in [5.74, 6) is 0.355. The highest BCUT2D eigenvalue weighted by atomic mass is 35.5. The molecule has 170 valence electrons. The average Bonchev–Trinajstić information content (AvgIpc) is 3.17. The Kier molecular flexibility index (Phi) is 7.15. The summed E-state index contributed by atoms with van der Waals surface area (Å²) in [6.07, 6.45) is 3.85. The van der Waals surface area contributed by atoms with Crippen LogP contribution in [0.15, 0.2) is 66.1 Å². The lowest BCUT2D eigenvalue weighted by Crippen LogP contribution is -2.26. The zero-order chi connectivity index (χ0) is 23.4. The molecule has 0 aliphatic heterocycles. The number of fused-ring (bicyclic) bond motifs is 1. The third-order valence-corrected chi connectivity index (χ3v) is 6.54. The van der Waals surface area contributed by atoms with Crippen molar-refractivity contribution in [2.45, 2.75) is 30.3 Å². The Morgan fingerprint density at radius 1 is 1.27 bits per heavy atom. The Hall–Kier alpha value is -3.10. The van der Waals surface area contributed by atoms with Crippen LogP contribution in [0.2, 0.25) is 5.02 Å². The zero-order valence-corrected chi connectivity index (χ0v) is 19.7. The maximum atomic E-state index is 14.3. The molecule has 0 unspecified atom stereocenters. The molecule has 1 N–H and O–H groups in total. The molecular weight excluding hydrogens is 463 g/mol. The predicted octanol–water partition coefficient (Wildman–Crippen LogP) is 6.11. The summed E-state index contributed by atoms with van der Waals surface area (Å²) in [5.41, 5.74) is 2.47. The molecule has 2 heterocycles. The average molecular weight is 485 g/mol. The summed E-state index contributed by atoms with van der Waals surface area (Å²) >= 11 is 7.53. The number of rotatable bonds is 8. The van der Waals surface area contributed by atoms with Crippen LogP contribution in [-0.2, 0) is 10.5 Å². The smallest absolute Gasteiger partial charge is 0.247 e. The molecule has 0 radical (unpaired) electrons. The third kappa shape index (κ3) is 4.96. The van der Waals surface area contributed by atoms with Crippen molar-refractivity contribution in [3.63, 3.8) is 0 Å². The van der Waals surface area contributed by atoms with Gasteiger partial charge in [-0.05, 0) is 36.8 Å². The van der Waals surface area contributed by atoms with Gasteiger partial charge in [0.1, 0.15) is 17.6 Å². The Bertz CT molecular complexity index is 1280. The predicted molar refractivity (Wildman–Crippen MR) is 129 cm³/mol. The molecule has 0 bridgehead atoms. The van der Waals surface area contributed by atoms with E-state index >= 15 is 0 Å². The number of nitrogens with one attached hydrogen (secondary N) is 1. The maximum absolute atomic E-state index is 14.3. The minimum Gasteiger partial charge on any atom is -0.497 e. The highest BCUT2D eigenvalue weighted by molar-refractivity contribution is 7.98. The lowest BCUT2D eigenvalue weighted by Gasteiger charge is -2.20. The summed E-state index contributed by atoms with van der Waals surface area (Å²) in [4.78, 5) is 22.2. The molecule has 0 saturated heterocycles. The summed E-state index contributed by atoms with van der Waals surface area (Å²) in [6, 6.07) is 13.0. The maximum Gasteiger partial charge on any atom is 0.247 e. The monoisotopic (exact) mass is 484 g/mol. The molecule has 2 aromatic heterocycles. The molecule has 2 aromatic carbocycles. The van der Waals surface area contributed by atoms with E-state index in [1.54, 1.807) is 49.8 Å². The molecule has 0 aliphatic carbocycles. The van der Waals surface area contributed by atoms with Gasteiger partial charge < -0.3 is 14.6 Å². The number of methoxy groups -OCH3 is 1. The first kappa shape index (κ1) is 23.1. The van der Waals surface area contributed by atoms with E-state index in [0.29, 0.717) is 39.1 Å². The van der Waals surface area contributed by atoms with Gasteiger partial charge in [-0.3, -0.25) is 9.78 Å². The van der Waals surface area contributed by atoms with E-state index in [-0.39, 0.29) is 17.5 Å². The number of amides is 1. The molecule has 0 aliphatic rings. The first-order valence-electron chi connectivity index (χ1n) is 10.3.